The van der Waals surface area contributed by atoms with Crippen molar-refractivity contribution in [3.8, 4) is 0 Å². The van der Waals surface area contributed by atoms with Crippen LogP contribution in [-0.2, 0) is 14.6 Å². The first-order valence-electron chi connectivity index (χ1n) is 6.38. The maximum absolute atomic E-state index is 12.3. The number of hydrogen-bond acceptors (Lipinski definition) is 4. The molecule has 7 heteroatoms. The summed E-state index contributed by atoms with van der Waals surface area (Å²) in [6, 6.07) is 5.62. The lowest BCUT2D eigenvalue weighted by Crippen LogP contribution is -2.50. The number of carboxylic acid groups (broad SMARTS) is 1. The summed E-state index contributed by atoms with van der Waals surface area (Å²) in [7, 11) is -2.05. The number of carbonyl (C=O) groups is 2. The highest BCUT2D eigenvalue weighted by Crippen LogP contribution is 2.19. The van der Waals surface area contributed by atoms with E-state index in [4.69, 9.17) is 5.11 Å². The molecule has 0 radical (unpaired) electrons. The molecule has 0 bridgehead atoms. The van der Waals surface area contributed by atoms with E-state index in [1.54, 1.807) is 0 Å². The summed E-state index contributed by atoms with van der Waals surface area (Å²) in [4.78, 5) is 24.6. The van der Waals surface area contributed by atoms with E-state index in [9.17, 15) is 18.0 Å². The summed E-state index contributed by atoms with van der Waals surface area (Å²) < 4.78 is 23.7. The highest BCUT2D eigenvalue weighted by atomic mass is 32.2. The van der Waals surface area contributed by atoms with E-state index in [2.05, 4.69) is 0 Å². The summed E-state index contributed by atoms with van der Waals surface area (Å²) >= 11 is 0. The molecule has 0 spiro atoms. The zero-order valence-corrected chi connectivity index (χ0v) is 13.3. The Morgan fingerprint density at radius 3 is 2.33 bits per heavy atom. The van der Waals surface area contributed by atoms with Crippen LogP contribution < -0.4 is 0 Å². The Kier molecular flexibility index (Phi) is 4.78. The van der Waals surface area contributed by atoms with Gasteiger partial charge in [0.1, 0.15) is 5.54 Å². The summed E-state index contributed by atoms with van der Waals surface area (Å²) in [5, 5.41) is 9.14. The van der Waals surface area contributed by atoms with Gasteiger partial charge < -0.3 is 10.0 Å². The second kappa shape index (κ2) is 5.85. The molecule has 0 aliphatic carbocycles. The van der Waals surface area contributed by atoms with Crippen molar-refractivity contribution in [2.24, 2.45) is 0 Å². The molecule has 0 unspecified atom stereocenters. The first-order valence-corrected chi connectivity index (χ1v) is 8.03. The van der Waals surface area contributed by atoms with Gasteiger partial charge in [0.2, 0.25) is 0 Å². The van der Waals surface area contributed by atoms with Crippen LogP contribution in [-0.4, -0.2) is 48.6 Å². The Morgan fingerprint density at radius 1 is 1.29 bits per heavy atom. The minimum atomic E-state index is -3.42. The van der Waals surface area contributed by atoms with Crippen molar-refractivity contribution in [2.75, 3.05) is 12.8 Å². The Morgan fingerprint density at radius 2 is 1.86 bits per heavy atom. The first-order chi connectivity index (χ1) is 9.54. The van der Waals surface area contributed by atoms with Gasteiger partial charge in [-0.1, -0.05) is 13.0 Å². The molecule has 1 amide bonds. The third-order valence-corrected chi connectivity index (χ3v) is 5.22. The van der Waals surface area contributed by atoms with Gasteiger partial charge in [-0.2, -0.15) is 0 Å². The average Bonchev–Trinajstić information content (AvgIpc) is 2.45. The molecule has 0 aliphatic rings. The van der Waals surface area contributed by atoms with E-state index in [1.165, 1.54) is 52.1 Å². The maximum atomic E-state index is 12.3. The van der Waals surface area contributed by atoms with Crippen molar-refractivity contribution in [3.63, 3.8) is 0 Å². The van der Waals surface area contributed by atoms with Crippen LogP contribution in [0.25, 0.3) is 0 Å². The highest BCUT2D eigenvalue weighted by molar-refractivity contribution is 7.91. The van der Waals surface area contributed by atoms with Crippen LogP contribution in [0, 0.1) is 0 Å². The van der Waals surface area contributed by atoms with Crippen molar-refractivity contribution in [1.29, 1.82) is 0 Å². The number of aliphatic carboxylic acids is 1. The summed E-state index contributed by atoms with van der Waals surface area (Å²) in [6.07, 6.45) is 0. The first kappa shape index (κ1) is 17.2. The Bertz CT molecular complexity index is 664. The second-order valence-electron chi connectivity index (χ2n) is 5.16. The Hall–Kier alpha value is -1.89. The van der Waals surface area contributed by atoms with Gasteiger partial charge in [-0.25, -0.2) is 13.2 Å². The van der Waals surface area contributed by atoms with Crippen LogP contribution in [0.3, 0.4) is 0 Å². The van der Waals surface area contributed by atoms with Gasteiger partial charge in [0.25, 0.3) is 5.91 Å². The molecule has 0 atom stereocenters. The second-order valence-corrected chi connectivity index (χ2v) is 7.44. The van der Waals surface area contributed by atoms with Gasteiger partial charge in [0, 0.05) is 12.6 Å². The Balaban J connectivity index is 3.21. The molecule has 1 aromatic carbocycles. The lowest BCUT2D eigenvalue weighted by molar-refractivity contribution is -0.147. The monoisotopic (exact) mass is 313 g/mol. The molecular formula is C14H19NO5S. The van der Waals surface area contributed by atoms with Crippen molar-refractivity contribution >= 4 is 21.7 Å². The van der Waals surface area contributed by atoms with E-state index >= 15 is 0 Å². The highest BCUT2D eigenvalue weighted by Gasteiger charge is 2.35. The molecule has 0 saturated heterocycles. The fourth-order valence-corrected chi connectivity index (χ4v) is 2.51. The van der Waals surface area contributed by atoms with Crippen molar-refractivity contribution < 1.29 is 23.1 Å². The van der Waals surface area contributed by atoms with Gasteiger partial charge in [-0.15, -0.1) is 0 Å². The van der Waals surface area contributed by atoms with Gasteiger partial charge in [-0.3, -0.25) is 4.79 Å². The van der Waals surface area contributed by atoms with Crippen molar-refractivity contribution in [3.05, 3.63) is 29.8 Å². The lowest BCUT2D eigenvalue weighted by atomic mass is 10.0. The molecule has 0 saturated carbocycles. The zero-order valence-electron chi connectivity index (χ0n) is 12.5. The number of amides is 1. The number of likely N-dealkylation sites (N-methyl/N-ethyl adjacent to an activating group) is 1. The van der Waals surface area contributed by atoms with Crippen LogP contribution in [0.15, 0.2) is 29.2 Å². The van der Waals surface area contributed by atoms with Crippen LogP contribution in [0.4, 0.5) is 0 Å². The number of carboxylic acids is 1. The maximum Gasteiger partial charge on any atom is 0.329 e. The SMILES string of the molecule is CCS(=O)(=O)c1cccc(C(=O)N(C)C(C)(C)C(=O)O)c1. The summed E-state index contributed by atoms with van der Waals surface area (Å²) in [6.45, 7) is 4.32. The van der Waals surface area contributed by atoms with Crippen LogP contribution in [0.2, 0.25) is 0 Å². The summed E-state index contributed by atoms with van der Waals surface area (Å²) in [5.41, 5.74) is -1.25. The number of benzene rings is 1. The molecule has 1 aromatic rings. The predicted octanol–water partition coefficient (Wildman–Crippen LogP) is 1.42. The predicted molar refractivity (Wildman–Crippen MR) is 78.0 cm³/mol. The van der Waals surface area contributed by atoms with Gasteiger partial charge in [0.05, 0.1) is 10.6 Å². The molecule has 0 aliphatic heterocycles. The molecule has 116 valence electrons. The molecule has 0 heterocycles. The van der Waals surface area contributed by atoms with Crippen LogP contribution in [0.1, 0.15) is 31.1 Å². The summed E-state index contributed by atoms with van der Waals surface area (Å²) in [5.74, 6) is -1.76. The number of sulfone groups is 1. The molecule has 0 aromatic heterocycles. The van der Waals surface area contributed by atoms with Crippen LogP contribution >= 0.6 is 0 Å². The zero-order chi connectivity index (χ0) is 16.4. The van der Waals surface area contributed by atoms with E-state index in [0.29, 0.717) is 0 Å². The smallest absolute Gasteiger partial charge is 0.329 e. The standard InChI is InChI=1S/C14H19NO5S/c1-5-21(19,20)11-8-6-7-10(9-11)12(16)15(4)14(2,3)13(17)18/h6-9H,5H2,1-4H3,(H,17,18). The molecular weight excluding hydrogens is 294 g/mol. The molecule has 1 N–H and O–H groups in total. The molecule has 21 heavy (non-hydrogen) atoms. The van der Waals surface area contributed by atoms with E-state index < -0.39 is 27.3 Å². The van der Waals surface area contributed by atoms with E-state index in [1.807, 2.05) is 0 Å². The van der Waals surface area contributed by atoms with Crippen molar-refractivity contribution in [2.45, 2.75) is 31.2 Å². The normalized spacial score (nSPS) is 12.0. The van der Waals surface area contributed by atoms with Gasteiger partial charge in [-0.05, 0) is 32.0 Å². The number of nitrogens with zero attached hydrogens (tertiary/aromatic N) is 1. The largest absolute Gasteiger partial charge is 0.480 e. The van der Waals surface area contributed by atoms with Gasteiger partial charge >= 0.3 is 5.97 Å². The minimum absolute atomic E-state index is 0.0531. The minimum Gasteiger partial charge on any atom is -0.480 e. The number of rotatable bonds is 5. The lowest BCUT2D eigenvalue weighted by Gasteiger charge is -2.31. The third-order valence-electron chi connectivity index (χ3n) is 3.49. The fourth-order valence-electron chi connectivity index (χ4n) is 1.58. The quantitative estimate of drug-likeness (QED) is 0.887. The fraction of sp³-hybridized carbons (Fsp3) is 0.429. The molecule has 0 fully saturated rings. The molecule has 6 nitrogen and oxygen atoms in total. The van der Waals surface area contributed by atoms with E-state index in [-0.39, 0.29) is 16.2 Å². The van der Waals surface area contributed by atoms with Gasteiger partial charge in [0.15, 0.2) is 9.84 Å². The van der Waals surface area contributed by atoms with Crippen LogP contribution in [0.5, 0.6) is 0 Å². The Labute approximate surface area is 124 Å². The topological polar surface area (TPSA) is 91.8 Å². The number of carbonyl (C=O) groups excluding carboxylic acids is 1. The third kappa shape index (κ3) is 3.41. The molecule has 1 rings (SSSR count). The average molecular weight is 313 g/mol. The number of hydrogen-bond donors (Lipinski definition) is 1. The van der Waals surface area contributed by atoms with Crippen molar-refractivity contribution in [1.82, 2.24) is 4.90 Å². The van der Waals surface area contributed by atoms with E-state index in [0.717, 1.165) is 4.90 Å².